The smallest absolute Gasteiger partial charge is 0.0999 e. The fourth-order valence-corrected chi connectivity index (χ4v) is 1.48. The fourth-order valence-electron chi connectivity index (χ4n) is 1.48. The minimum absolute atomic E-state index is 0.0612. The van der Waals surface area contributed by atoms with Crippen LogP contribution in [0.2, 0.25) is 0 Å². The van der Waals surface area contributed by atoms with E-state index in [0.29, 0.717) is 0 Å². The lowest BCUT2D eigenvalue weighted by atomic mass is 10.1. The maximum atomic E-state index is 9.29. The van der Waals surface area contributed by atoms with Crippen LogP contribution in [0.4, 0.5) is 0 Å². The summed E-state index contributed by atoms with van der Waals surface area (Å²) >= 11 is 0. The Morgan fingerprint density at radius 1 is 1.21 bits per heavy atom. The van der Waals surface area contributed by atoms with E-state index in [0.717, 1.165) is 5.56 Å². The Morgan fingerprint density at radius 3 is 2.57 bits per heavy atom. The van der Waals surface area contributed by atoms with Crippen molar-refractivity contribution < 1.29 is 5.11 Å². The normalized spacial score (nSPS) is 12.6. The molecular weight excluding hydrogens is 176 g/mol. The lowest BCUT2D eigenvalue weighted by molar-refractivity contribution is 0.241. The van der Waals surface area contributed by atoms with Crippen LogP contribution < -0.4 is 0 Å². The molecule has 0 aliphatic heterocycles. The van der Waals surface area contributed by atoms with E-state index in [9.17, 15) is 5.11 Å². The Hall–Kier alpha value is -1.61. The SMILES string of the molecule is OC[C@H](c1ccccc1)n1cccn1. The number of benzene rings is 1. The third-order valence-electron chi connectivity index (χ3n) is 2.20. The minimum Gasteiger partial charge on any atom is -0.394 e. The van der Waals surface area contributed by atoms with Crippen molar-refractivity contribution in [3.05, 3.63) is 54.4 Å². The van der Waals surface area contributed by atoms with Gasteiger partial charge in [0, 0.05) is 12.4 Å². The Balaban J connectivity index is 2.31. The number of hydrogen-bond acceptors (Lipinski definition) is 2. The highest BCUT2D eigenvalue weighted by atomic mass is 16.3. The van der Waals surface area contributed by atoms with Gasteiger partial charge in [-0.3, -0.25) is 4.68 Å². The quantitative estimate of drug-likeness (QED) is 0.792. The second-order valence-corrected chi connectivity index (χ2v) is 3.10. The summed E-state index contributed by atoms with van der Waals surface area (Å²) in [5.41, 5.74) is 1.07. The van der Waals surface area contributed by atoms with Crippen molar-refractivity contribution in [2.45, 2.75) is 6.04 Å². The molecule has 1 N–H and O–H groups in total. The predicted octanol–water partition coefficient (Wildman–Crippen LogP) is 1.46. The van der Waals surface area contributed by atoms with E-state index in [4.69, 9.17) is 0 Å². The molecule has 14 heavy (non-hydrogen) atoms. The van der Waals surface area contributed by atoms with E-state index in [1.54, 1.807) is 10.9 Å². The number of aliphatic hydroxyl groups is 1. The monoisotopic (exact) mass is 188 g/mol. The van der Waals surface area contributed by atoms with Crippen LogP contribution in [0, 0.1) is 0 Å². The second-order valence-electron chi connectivity index (χ2n) is 3.10. The van der Waals surface area contributed by atoms with Gasteiger partial charge in [0.05, 0.1) is 12.6 Å². The molecule has 0 saturated heterocycles. The average molecular weight is 188 g/mol. The summed E-state index contributed by atoms with van der Waals surface area (Å²) < 4.78 is 1.76. The number of aliphatic hydroxyl groups excluding tert-OH is 1. The Labute approximate surface area is 82.6 Å². The van der Waals surface area contributed by atoms with Crippen molar-refractivity contribution in [1.82, 2.24) is 9.78 Å². The van der Waals surface area contributed by atoms with Gasteiger partial charge in [0.25, 0.3) is 0 Å². The van der Waals surface area contributed by atoms with E-state index >= 15 is 0 Å². The maximum Gasteiger partial charge on any atom is 0.0999 e. The standard InChI is InChI=1S/C11H12N2O/c14-9-11(13-8-4-7-12-13)10-5-2-1-3-6-10/h1-8,11,14H,9H2/t11-/m1/s1. The summed E-state index contributed by atoms with van der Waals surface area (Å²) in [5.74, 6) is 0. The van der Waals surface area contributed by atoms with Crippen molar-refractivity contribution in [2.75, 3.05) is 6.61 Å². The summed E-state index contributed by atoms with van der Waals surface area (Å²) in [6.45, 7) is 0.0612. The van der Waals surface area contributed by atoms with Crippen LogP contribution >= 0.6 is 0 Å². The fraction of sp³-hybridized carbons (Fsp3) is 0.182. The van der Waals surface area contributed by atoms with Gasteiger partial charge in [-0.2, -0.15) is 5.10 Å². The number of rotatable bonds is 3. The molecule has 1 heterocycles. The lowest BCUT2D eigenvalue weighted by Gasteiger charge is -2.14. The molecule has 0 amide bonds. The van der Waals surface area contributed by atoms with E-state index < -0.39 is 0 Å². The van der Waals surface area contributed by atoms with Crippen LogP contribution in [0.3, 0.4) is 0 Å². The van der Waals surface area contributed by atoms with Crippen LogP contribution in [0.1, 0.15) is 11.6 Å². The first-order valence-electron chi connectivity index (χ1n) is 4.57. The van der Waals surface area contributed by atoms with Gasteiger partial charge in [-0.25, -0.2) is 0 Å². The van der Waals surface area contributed by atoms with Crippen molar-refractivity contribution >= 4 is 0 Å². The molecule has 3 nitrogen and oxygen atoms in total. The molecule has 3 heteroatoms. The Kier molecular flexibility index (Phi) is 2.60. The van der Waals surface area contributed by atoms with Crippen molar-refractivity contribution in [3.8, 4) is 0 Å². The first-order chi connectivity index (χ1) is 6.92. The van der Waals surface area contributed by atoms with Gasteiger partial charge in [-0.1, -0.05) is 30.3 Å². The maximum absolute atomic E-state index is 9.29. The summed E-state index contributed by atoms with van der Waals surface area (Å²) in [6, 6.07) is 11.6. The third-order valence-corrected chi connectivity index (χ3v) is 2.20. The Morgan fingerprint density at radius 2 is 2.00 bits per heavy atom. The first-order valence-corrected chi connectivity index (χ1v) is 4.57. The van der Waals surface area contributed by atoms with Crippen LogP contribution in [0.15, 0.2) is 48.8 Å². The van der Waals surface area contributed by atoms with Gasteiger partial charge in [-0.15, -0.1) is 0 Å². The molecule has 2 rings (SSSR count). The molecule has 0 aliphatic rings. The van der Waals surface area contributed by atoms with Crippen LogP contribution in [-0.4, -0.2) is 21.5 Å². The molecule has 1 atom stereocenters. The van der Waals surface area contributed by atoms with Gasteiger partial charge in [0.15, 0.2) is 0 Å². The highest BCUT2D eigenvalue weighted by molar-refractivity contribution is 5.19. The van der Waals surface area contributed by atoms with Crippen LogP contribution in [0.5, 0.6) is 0 Å². The van der Waals surface area contributed by atoms with Gasteiger partial charge < -0.3 is 5.11 Å². The molecule has 0 bridgehead atoms. The lowest BCUT2D eigenvalue weighted by Crippen LogP contribution is -2.14. The average Bonchev–Trinajstić information content (AvgIpc) is 2.74. The molecule has 0 radical (unpaired) electrons. The Bertz CT molecular complexity index is 369. The minimum atomic E-state index is -0.0776. The molecule has 72 valence electrons. The van der Waals surface area contributed by atoms with Gasteiger partial charge in [-0.05, 0) is 11.6 Å². The van der Waals surface area contributed by atoms with Crippen molar-refractivity contribution in [3.63, 3.8) is 0 Å². The molecule has 0 saturated carbocycles. The largest absolute Gasteiger partial charge is 0.394 e. The molecule has 0 fully saturated rings. The zero-order valence-electron chi connectivity index (χ0n) is 7.74. The summed E-state index contributed by atoms with van der Waals surface area (Å²) in [6.07, 6.45) is 3.57. The highest BCUT2D eigenvalue weighted by Gasteiger charge is 2.11. The topological polar surface area (TPSA) is 38.0 Å². The molecule has 0 spiro atoms. The summed E-state index contributed by atoms with van der Waals surface area (Å²) in [4.78, 5) is 0. The van der Waals surface area contributed by atoms with E-state index in [1.165, 1.54) is 0 Å². The second kappa shape index (κ2) is 4.07. The number of hydrogen-bond donors (Lipinski definition) is 1. The van der Waals surface area contributed by atoms with Crippen molar-refractivity contribution in [2.24, 2.45) is 0 Å². The molecule has 1 aromatic heterocycles. The van der Waals surface area contributed by atoms with Gasteiger partial charge >= 0.3 is 0 Å². The molecule has 2 aromatic rings. The number of aromatic nitrogens is 2. The van der Waals surface area contributed by atoms with Gasteiger partial charge in [0.1, 0.15) is 0 Å². The zero-order valence-corrected chi connectivity index (χ0v) is 7.74. The van der Waals surface area contributed by atoms with E-state index in [1.807, 2.05) is 42.6 Å². The third kappa shape index (κ3) is 1.67. The molecule has 0 aliphatic carbocycles. The van der Waals surface area contributed by atoms with Crippen LogP contribution in [0.25, 0.3) is 0 Å². The zero-order chi connectivity index (χ0) is 9.80. The summed E-state index contributed by atoms with van der Waals surface area (Å²) in [7, 11) is 0. The predicted molar refractivity (Wildman–Crippen MR) is 53.9 cm³/mol. The van der Waals surface area contributed by atoms with Crippen LogP contribution in [-0.2, 0) is 0 Å². The molecular formula is C11H12N2O. The van der Waals surface area contributed by atoms with Gasteiger partial charge in [0.2, 0.25) is 0 Å². The first kappa shape index (κ1) is 8.97. The van der Waals surface area contributed by atoms with E-state index in [2.05, 4.69) is 5.10 Å². The van der Waals surface area contributed by atoms with Crippen molar-refractivity contribution in [1.29, 1.82) is 0 Å². The van der Waals surface area contributed by atoms with E-state index in [-0.39, 0.29) is 12.6 Å². The number of nitrogens with zero attached hydrogens (tertiary/aromatic N) is 2. The molecule has 1 aromatic carbocycles. The molecule has 0 unspecified atom stereocenters. The highest BCUT2D eigenvalue weighted by Crippen LogP contribution is 2.15. The summed E-state index contributed by atoms with van der Waals surface area (Å²) in [5, 5.41) is 13.4.